The standard InChI is InChI=1S/C87H142O17P2/c1-5-9-13-17-21-25-29-33-37-39-40-42-46-48-52-56-60-64-68-72-85(90)98-78-83(104-87(92)74-70-66-62-58-54-50-44-36-32-28-24-20-16-12-8-4)80-102-106(95,96)100-76-81(88)75-99-105(93,94)101-79-82(103-86(91)73-69-65-61-57-53-49-43-35-31-27-23-19-15-11-7-3)77-97-84(89)71-67-63-59-55-51-47-45-41-38-34-30-26-22-18-14-10-6-2/h9-10,12-14,16,21-28,33-38,40,42-45,47,55,59,81-83,88H,5-8,11,15,17-20,29-32,39,41,46,48-54,56-58,60-80H2,1-4H3,(H,93,94)(H,95,96)/b13-9-,14-10-,16-12-,25-21-,26-22-,27-23-,28-24-,37-33-,38-34-,42-40-,43-35-,44-36-,47-45-,59-55-. The minimum Gasteiger partial charge on any atom is -0.462 e. The Balaban J connectivity index is 5.46. The van der Waals surface area contributed by atoms with Gasteiger partial charge >= 0.3 is 39.5 Å². The lowest BCUT2D eigenvalue weighted by molar-refractivity contribution is -0.161. The Kier molecular flexibility index (Phi) is 73.5. The van der Waals surface area contributed by atoms with Crippen molar-refractivity contribution in [2.24, 2.45) is 0 Å². The first-order valence-corrected chi connectivity index (χ1v) is 43.4. The van der Waals surface area contributed by atoms with E-state index in [9.17, 15) is 43.2 Å². The molecular weight excluding hydrogens is 1380 g/mol. The summed E-state index contributed by atoms with van der Waals surface area (Å²) in [5.41, 5.74) is 0. The van der Waals surface area contributed by atoms with E-state index < -0.39 is 97.5 Å². The molecule has 106 heavy (non-hydrogen) atoms. The lowest BCUT2D eigenvalue weighted by Gasteiger charge is -2.21. The molecule has 0 aromatic heterocycles. The highest BCUT2D eigenvalue weighted by Gasteiger charge is 2.30. The van der Waals surface area contributed by atoms with Crippen LogP contribution in [0.3, 0.4) is 0 Å². The fraction of sp³-hybridized carbons (Fsp3) is 0.632. The van der Waals surface area contributed by atoms with Gasteiger partial charge in [-0.3, -0.25) is 37.3 Å². The van der Waals surface area contributed by atoms with Crippen molar-refractivity contribution in [2.45, 2.75) is 316 Å². The Morgan fingerprint density at radius 2 is 0.500 bits per heavy atom. The van der Waals surface area contributed by atoms with Crippen LogP contribution in [0.15, 0.2) is 170 Å². The van der Waals surface area contributed by atoms with Crippen molar-refractivity contribution in [1.82, 2.24) is 0 Å². The van der Waals surface area contributed by atoms with E-state index in [-0.39, 0.29) is 25.7 Å². The maximum absolute atomic E-state index is 13.1. The number of aliphatic hydroxyl groups is 1. The Bertz CT molecular complexity index is 2680. The van der Waals surface area contributed by atoms with Crippen LogP contribution in [0.25, 0.3) is 0 Å². The Morgan fingerprint density at radius 3 is 0.792 bits per heavy atom. The molecule has 0 rings (SSSR count). The SMILES string of the molecule is CC/C=C\C/C=C\C/C=C\C/C=C\C/C=C\CCCC(=O)OCC(COP(=O)(O)OCC(O)COP(=O)(O)OCC(COC(=O)CCCCCCCC/C=C\C/C=C\C/C=C\C/C=C\CC)OC(=O)CCCCCCC/C=C\C/C=C\C/C=C\CC)OC(=O)CCCCCCC/C=C\C/C=C\CCCCC. The van der Waals surface area contributed by atoms with E-state index in [0.29, 0.717) is 32.1 Å². The van der Waals surface area contributed by atoms with Crippen molar-refractivity contribution in [3.05, 3.63) is 170 Å². The van der Waals surface area contributed by atoms with E-state index in [0.717, 1.165) is 193 Å². The van der Waals surface area contributed by atoms with Gasteiger partial charge in [0.05, 0.1) is 26.4 Å². The van der Waals surface area contributed by atoms with Crippen molar-refractivity contribution in [3.8, 4) is 0 Å². The maximum atomic E-state index is 13.1. The van der Waals surface area contributed by atoms with Crippen molar-refractivity contribution < 1.29 is 80.2 Å². The van der Waals surface area contributed by atoms with Crippen LogP contribution in [0.1, 0.15) is 297 Å². The number of esters is 4. The first kappa shape index (κ1) is 100. The fourth-order valence-corrected chi connectivity index (χ4v) is 11.7. The Hall–Kier alpha value is -5.58. The summed E-state index contributed by atoms with van der Waals surface area (Å²) in [4.78, 5) is 73.1. The number of allylic oxidation sites excluding steroid dienone is 28. The number of rotatable bonds is 74. The molecule has 0 fully saturated rings. The predicted molar refractivity (Wildman–Crippen MR) is 436 cm³/mol. The number of ether oxygens (including phenoxy) is 4. The van der Waals surface area contributed by atoms with Crippen molar-refractivity contribution in [1.29, 1.82) is 0 Å². The number of carbonyl (C=O) groups is 4. The van der Waals surface area contributed by atoms with Crippen molar-refractivity contribution in [3.63, 3.8) is 0 Å². The Morgan fingerprint density at radius 1 is 0.274 bits per heavy atom. The molecule has 0 amide bonds. The van der Waals surface area contributed by atoms with Gasteiger partial charge < -0.3 is 33.8 Å². The van der Waals surface area contributed by atoms with E-state index >= 15 is 0 Å². The molecule has 0 aliphatic carbocycles. The van der Waals surface area contributed by atoms with E-state index in [1.807, 2.05) is 12.2 Å². The monoisotopic (exact) mass is 1520 g/mol. The number of hydrogen-bond donors (Lipinski definition) is 3. The summed E-state index contributed by atoms with van der Waals surface area (Å²) < 4.78 is 68.6. The topological polar surface area (TPSA) is 237 Å². The van der Waals surface area contributed by atoms with Crippen LogP contribution < -0.4 is 0 Å². The molecule has 0 saturated carbocycles. The number of carbonyl (C=O) groups excluding carboxylic acids is 4. The van der Waals surface area contributed by atoms with Crippen LogP contribution in [0.5, 0.6) is 0 Å². The summed E-state index contributed by atoms with van der Waals surface area (Å²) in [5.74, 6) is -2.30. The van der Waals surface area contributed by atoms with Crippen LogP contribution in [-0.2, 0) is 65.4 Å². The number of aliphatic hydroxyl groups excluding tert-OH is 1. The largest absolute Gasteiger partial charge is 0.472 e. The van der Waals surface area contributed by atoms with E-state index in [1.54, 1.807) is 0 Å². The van der Waals surface area contributed by atoms with Gasteiger partial charge in [0.15, 0.2) is 12.2 Å². The van der Waals surface area contributed by atoms with Crippen LogP contribution in [0, 0.1) is 0 Å². The van der Waals surface area contributed by atoms with E-state index in [1.165, 1.54) is 19.3 Å². The third kappa shape index (κ3) is 76.6. The van der Waals surface area contributed by atoms with E-state index in [4.69, 9.17) is 37.0 Å². The molecule has 0 aliphatic heterocycles. The molecule has 0 aliphatic rings. The number of phosphoric ester groups is 2. The van der Waals surface area contributed by atoms with Crippen LogP contribution in [0.2, 0.25) is 0 Å². The summed E-state index contributed by atoms with van der Waals surface area (Å²) in [7, 11) is -10.0. The number of unbranched alkanes of at least 4 members (excludes halogenated alkanes) is 20. The Labute approximate surface area is 642 Å². The van der Waals surface area contributed by atoms with Crippen LogP contribution >= 0.6 is 15.6 Å². The molecule has 3 N–H and O–H groups in total. The van der Waals surface area contributed by atoms with Gasteiger partial charge in [0.2, 0.25) is 0 Å². The highest BCUT2D eigenvalue weighted by atomic mass is 31.2. The fourth-order valence-electron chi connectivity index (χ4n) is 10.1. The molecule has 19 heteroatoms. The summed E-state index contributed by atoms with van der Waals surface area (Å²) in [6, 6.07) is 0. The lowest BCUT2D eigenvalue weighted by atomic mass is 10.1. The molecule has 17 nitrogen and oxygen atoms in total. The van der Waals surface area contributed by atoms with Crippen LogP contribution in [0.4, 0.5) is 0 Å². The van der Waals surface area contributed by atoms with Gasteiger partial charge in [0, 0.05) is 25.7 Å². The molecule has 5 unspecified atom stereocenters. The molecule has 0 saturated heterocycles. The normalized spacial score (nSPS) is 14.7. The molecule has 0 bridgehead atoms. The average Bonchev–Trinajstić information content (AvgIpc) is 0.928. The summed E-state index contributed by atoms with van der Waals surface area (Å²) in [6.07, 6.45) is 91.9. The highest BCUT2D eigenvalue weighted by molar-refractivity contribution is 7.47. The first-order valence-electron chi connectivity index (χ1n) is 40.4. The third-order valence-corrected chi connectivity index (χ3v) is 18.1. The van der Waals surface area contributed by atoms with Gasteiger partial charge in [-0.05, 0) is 167 Å². The molecule has 0 heterocycles. The zero-order valence-electron chi connectivity index (χ0n) is 65.8. The number of phosphoric acid groups is 2. The van der Waals surface area contributed by atoms with Gasteiger partial charge in [0.1, 0.15) is 19.3 Å². The molecule has 0 aromatic carbocycles. The zero-order valence-corrected chi connectivity index (χ0v) is 67.6. The van der Waals surface area contributed by atoms with Crippen molar-refractivity contribution in [2.75, 3.05) is 39.6 Å². The minimum atomic E-state index is -5.00. The molecule has 5 atom stereocenters. The first-order chi connectivity index (χ1) is 51.7. The maximum Gasteiger partial charge on any atom is 0.472 e. The van der Waals surface area contributed by atoms with E-state index in [2.05, 4.69) is 186 Å². The van der Waals surface area contributed by atoms with Crippen LogP contribution in [-0.4, -0.2) is 96.7 Å². The van der Waals surface area contributed by atoms with Gasteiger partial charge in [-0.25, -0.2) is 9.13 Å². The molecule has 602 valence electrons. The summed E-state index contributed by atoms with van der Waals surface area (Å²) >= 11 is 0. The molecular formula is C87H142O17P2. The zero-order chi connectivity index (χ0) is 77.4. The highest BCUT2D eigenvalue weighted by Crippen LogP contribution is 2.45. The second-order valence-electron chi connectivity index (χ2n) is 26.2. The second-order valence-corrected chi connectivity index (χ2v) is 29.1. The van der Waals surface area contributed by atoms with Crippen molar-refractivity contribution >= 4 is 39.5 Å². The third-order valence-electron chi connectivity index (χ3n) is 16.2. The number of hydrogen-bond acceptors (Lipinski definition) is 15. The second kappa shape index (κ2) is 77.6. The van der Waals surface area contributed by atoms with Gasteiger partial charge in [-0.2, -0.15) is 0 Å². The van der Waals surface area contributed by atoms with Gasteiger partial charge in [-0.15, -0.1) is 0 Å². The average molecular weight is 1520 g/mol. The smallest absolute Gasteiger partial charge is 0.462 e. The minimum absolute atomic E-state index is 0.0608. The lowest BCUT2D eigenvalue weighted by Crippen LogP contribution is -2.30. The molecule has 0 spiro atoms. The molecule has 0 radical (unpaired) electrons. The van der Waals surface area contributed by atoms with Gasteiger partial charge in [0.25, 0.3) is 0 Å². The quantitative estimate of drug-likeness (QED) is 0.0169. The predicted octanol–water partition coefficient (Wildman–Crippen LogP) is 23.8. The summed E-state index contributed by atoms with van der Waals surface area (Å²) in [6.45, 7) is 4.39. The van der Waals surface area contributed by atoms with Gasteiger partial charge in [-0.1, -0.05) is 275 Å². The summed E-state index contributed by atoms with van der Waals surface area (Å²) in [5, 5.41) is 10.7. The molecule has 0 aromatic rings.